The van der Waals surface area contributed by atoms with Crippen molar-refractivity contribution in [2.75, 3.05) is 0 Å². The zero-order chi connectivity index (χ0) is 11.6. The van der Waals surface area contributed by atoms with Gasteiger partial charge in [0.15, 0.2) is 0 Å². The minimum atomic E-state index is -0.563. The molecule has 0 radical (unpaired) electrons. The number of nitro groups is 1. The number of hydrogen-bond donors (Lipinski definition) is 1. The molecule has 0 bridgehead atoms. The van der Waals surface area contributed by atoms with E-state index in [1.165, 1.54) is 6.07 Å². The Morgan fingerprint density at radius 3 is 2.53 bits per heavy atom. The van der Waals surface area contributed by atoms with Gasteiger partial charge in [-0.05, 0) is 25.0 Å². The van der Waals surface area contributed by atoms with E-state index in [1.54, 1.807) is 13.0 Å². The molecule has 80 valence electrons. The number of nitro benzene ring substituents is 1. The predicted octanol–water partition coefficient (Wildman–Crippen LogP) is 1.24. The Labute approximate surface area is 87.0 Å². The number of primary amides is 1. The maximum Gasteiger partial charge on any atom is 0.273 e. The SMILES string of the molecule is Cc1ccc([N+](=O)[O-])c(CC(N)=O)c1C. The topological polar surface area (TPSA) is 86.2 Å². The average molecular weight is 208 g/mol. The van der Waals surface area contributed by atoms with Crippen molar-refractivity contribution in [1.29, 1.82) is 0 Å². The summed E-state index contributed by atoms with van der Waals surface area (Å²) >= 11 is 0. The second kappa shape index (κ2) is 4.08. The molecule has 0 aromatic heterocycles. The molecule has 0 aliphatic rings. The van der Waals surface area contributed by atoms with Crippen LogP contribution in [0.25, 0.3) is 0 Å². The molecular weight excluding hydrogens is 196 g/mol. The van der Waals surface area contributed by atoms with E-state index in [2.05, 4.69) is 0 Å². The second-order valence-electron chi connectivity index (χ2n) is 3.41. The molecule has 2 N–H and O–H groups in total. The number of benzene rings is 1. The van der Waals surface area contributed by atoms with Crippen molar-refractivity contribution < 1.29 is 9.72 Å². The van der Waals surface area contributed by atoms with Crippen LogP contribution in [-0.2, 0) is 11.2 Å². The fourth-order valence-electron chi connectivity index (χ4n) is 1.43. The van der Waals surface area contributed by atoms with Gasteiger partial charge in [0.2, 0.25) is 5.91 Å². The average Bonchev–Trinajstić information content (AvgIpc) is 2.12. The molecule has 15 heavy (non-hydrogen) atoms. The molecule has 1 amide bonds. The van der Waals surface area contributed by atoms with Crippen LogP contribution in [-0.4, -0.2) is 10.8 Å². The number of amides is 1. The summed E-state index contributed by atoms with van der Waals surface area (Å²) in [6.07, 6.45) is -0.0934. The molecule has 5 nitrogen and oxygen atoms in total. The van der Waals surface area contributed by atoms with Crippen LogP contribution in [0.2, 0.25) is 0 Å². The third-order valence-corrected chi connectivity index (χ3v) is 2.39. The molecule has 0 aliphatic heterocycles. The van der Waals surface area contributed by atoms with E-state index in [-0.39, 0.29) is 12.1 Å². The summed E-state index contributed by atoms with van der Waals surface area (Å²) in [5, 5.41) is 10.7. The number of aryl methyl sites for hydroxylation is 1. The molecular formula is C10H12N2O3. The highest BCUT2D eigenvalue weighted by Crippen LogP contribution is 2.24. The first-order valence-corrected chi connectivity index (χ1v) is 4.45. The van der Waals surface area contributed by atoms with Crippen molar-refractivity contribution in [3.63, 3.8) is 0 Å². The number of hydrogen-bond acceptors (Lipinski definition) is 3. The third kappa shape index (κ3) is 2.31. The van der Waals surface area contributed by atoms with Gasteiger partial charge >= 0.3 is 0 Å². The Bertz CT molecular complexity index is 427. The molecule has 0 atom stereocenters. The van der Waals surface area contributed by atoms with E-state index in [4.69, 9.17) is 5.73 Å². The summed E-state index contributed by atoms with van der Waals surface area (Å²) in [5.74, 6) is -0.563. The van der Waals surface area contributed by atoms with Gasteiger partial charge in [0.1, 0.15) is 0 Å². The van der Waals surface area contributed by atoms with Crippen molar-refractivity contribution >= 4 is 11.6 Å². The third-order valence-electron chi connectivity index (χ3n) is 2.39. The Balaban J connectivity index is 3.34. The smallest absolute Gasteiger partial charge is 0.273 e. The summed E-state index contributed by atoms with van der Waals surface area (Å²) in [7, 11) is 0. The second-order valence-corrected chi connectivity index (χ2v) is 3.41. The molecule has 0 heterocycles. The zero-order valence-electron chi connectivity index (χ0n) is 8.61. The quantitative estimate of drug-likeness (QED) is 0.598. The van der Waals surface area contributed by atoms with Gasteiger partial charge in [-0.2, -0.15) is 0 Å². The molecule has 0 saturated carbocycles. The van der Waals surface area contributed by atoms with Gasteiger partial charge in [0, 0.05) is 11.6 Å². The molecule has 1 rings (SSSR count). The van der Waals surface area contributed by atoms with Crippen molar-refractivity contribution in [2.45, 2.75) is 20.3 Å². The van der Waals surface area contributed by atoms with E-state index in [0.717, 1.165) is 11.1 Å². The van der Waals surface area contributed by atoms with Gasteiger partial charge in [-0.1, -0.05) is 6.07 Å². The van der Waals surface area contributed by atoms with Crippen molar-refractivity contribution in [3.8, 4) is 0 Å². The molecule has 1 aromatic rings. The number of nitrogens with two attached hydrogens (primary N) is 1. The summed E-state index contributed by atoms with van der Waals surface area (Å²) in [5.41, 5.74) is 7.08. The Kier molecular flexibility index (Phi) is 3.04. The zero-order valence-corrected chi connectivity index (χ0v) is 8.61. The van der Waals surface area contributed by atoms with Crippen LogP contribution < -0.4 is 5.73 Å². The van der Waals surface area contributed by atoms with Gasteiger partial charge in [0.05, 0.1) is 11.3 Å². The lowest BCUT2D eigenvalue weighted by atomic mass is 9.99. The lowest BCUT2D eigenvalue weighted by Crippen LogP contribution is -2.16. The number of rotatable bonds is 3. The van der Waals surface area contributed by atoms with Crippen LogP contribution in [0, 0.1) is 24.0 Å². The summed E-state index contributed by atoms with van der Waals surface area (Å²) in [4.78, 5) is 21.0. The lowest BCUT2D eigenvalue weighted by molar-refractivity contribution is -0.385. The number of carbonyl (C=O) groups excluding carboxylic acids is 1. The first kappa shape index (κ1) is 11.2. The molecule has 0 spiro atoms. The molecule has 1 aromatic carbocycles. The highest BCUT2D eigenvalue weighted by molar-refractivity contribution is 5.78. The van der Waals surface area contributed by atoms with E-state index in [1.807, 2.05) is 6.92 Å². The van der Waals surface area contributed by atoms with Crippen LogP contribution in [0.1, 0.15) is 16.7 Å². The van der Waals surface area contributed by atoms with Gasteiger partial charge < -0.3 is 5.73 Å². The van der Waals surface area contributed by atoms with Gasteiger partial charge in [0.25, 0.3) is 5.69 Å². The van der Waals surface area contributed by atoms with Crippen molar-refractivity contribution in [3.05, 3.63) is 38.9 Å². The minimum Gasteiger partial charge on any atom is -0.369 e. The Morgan fingerprint density at radius 1 is 1.47 bits per heavy atom. The highest BCUT2D eigenvalue weighted by Gasteiger charge is 2.18. The first-order valence-electron chi connectivity index (χ1n) is 4.45. The normalized spacial score (nSPS) is 10.0. The standard InChI is InChI=1S/C10H12N2O3/c1-6-3-4-9(12(14)15)8(7(6)2)5-10(11)13/h3-4H,5H2,1-2H3,(H2,11,13). The minimum absolute atomic E-state index is 0.0445. The molecule has 0 fully saturated rings. The molecule has 5 heteroatoms. The Morgan fingerprint density at radius 2 is 2.07 bits per heavy atom. The largest absolute Gasteiger partial charge is 0.369 e. The maximum absolute atomic E-state index is 10.8. The number of carbonyl (C=O) groups is 1. The Hall–Kier alpha value is -1.91. The van der Waals surface area contributed by atoms with E-state index >= 15 is 0 Å². The van der Waals surface area contributed by atoms with Crippen LogP contribution in [0.5, 0.6) is 0 Å². The van der Waals surface area contributed by atoms with E-state index in [0.29, 0.717) is 5.56 Å². The van der Waals surface area contributed by atoms with E-state index < -0.39 is 10.8 Å². The highest BCUT2D eigenvalue weighted by atomic mass is 16.6. The van der Waals surface area contributed by atoms with Gasteiger partial charge in [-0.15, -0.1) is 0 Å². The fourth-order valence-corrected chi connectivity index (χ4v) is 1.43. The maximum atomic E-state index is 10.8. The van der Waals surface area contributed by atoms with Crippen LogP contribution in [0.4, 0.5) is 5.69 Å². The van der Waals surface area contributed by atoms with Crippen molar-refractivity contribution in [1.82, 2.24) is 0 Å². The van der Waals surface area contributed by atoms with Crippen LogP contribution in [0.3, 0.4) is 0 Å². The summed E-state index contributed by atoms with van der Waals surface area (Å²) in [6, 6.07) is 3.07. The molecule has 0 saturated heterocycles. The van der Waals surface area contributed by atoms with Gasteiger partial charge in [-0.25, -0.2) is 0 Å². The lowest BCUT2D eigenvalue weighted by Gasteiger charge is -2.07. The van der Waals surface area contributed by atoms with Crippen LogP contribution >= 0.6 is 0 Å². The predicted molar refractivity (Wildman–Crippen MR) is 55.5 cm³/mol. The van der Waals surface area contributed by atoms with Gasteiger partial charge in [-0.3, -0.25) is 14.9 Å². The fraction of sp³-hybridized carbons (Fsp3) is 0.300. The van der Waals surface area contributed by atoms with Crippen LogP contribution in [0.15, 0.2) is 12.1 Å². The summed E-state index contributed by atoms with van der Waals surface area (Å²) in [6.45, 7) is 3.59. The van der Waals surface area contributed by atoms with Crippen molar-refractivity contribution in [2.24, 2.45) is 5.73 Å². The molecule has 0 unspecified atom stereocenters. The summed E-state index contributed by atoms with van der Waals surface area (Å²) < 4.78 is 0. The molecule has 0 aliphatic carbocycles. The first-order chi connectivity index (χ1) is 6.93. The monoisotopic (exact) mass is 208 g/mol. The number of nitrogens with zero attached hydrogens (tertiary/aromatic N) is 1. The van der Waals surface area contributed by atoms with E-state index in [9.17, 15) is 14.9 Å².